The number of pyridine rings is 1. The zero-order chi connectivity index (χ0) is 15.8. The number of H-pyrrole nitrogens is 1. The van der Waals surface area contributed by atoms with Gasteiger partial charge in [0.15, 0.2) is 0 Å². The number of aromatic nitrogens is 2. The Hall–Kier alpha value is -2.82. The van der Waals surface area contributed by atoms with E-state index in [0.29, 0.717) is 18.8 Å². The molecule has 0 saturated carbocycles. The van der Waals surface area contributed by atoms with Crippen LogP contribution >= 0.6 is 0 Å². The van der Waals surface area contributed by atoms with Crippen LogP contribution < -0.4 is 4.74 Å². The normalized spacial score (nSPS) is 13.9. The molecule has 0 spiro atoms. The van der Waals surface area contributed by atoms with Crippen LogP contribution in [0.15, 0.2) is 42.6 Å². The summed E-state index contributed by atoms with van der Waals surface area (Å²) in [4.78, 5) is 22.1. The summed E-state index contributed by atoms with van der Waals surface area (Å²) < 4.78 is 5.32. The van der Waals surface area contributed by atoms with Gasteiger partial charge in [0.2, 0.25) is 0 Å². The van der Waals surface area contributed by atoms with Crippen LogP contribution in [0.2, 0.25) is 0 Å². The van der Waals surface area contributed by atoms with Crippen molar-refractivity contribution < 1.29 is 9.53 Å². The van der Waals surface area contributed by atoms with E-state index in [1.807, 2.05) is 35.2 Å². The van der Waals surface area contributed by atoms with Crippen molar-refractivity contribution in [3.63, 3.8) is 0 Å². The summed E-state index contributed by atoms with van der Waals surface area (Å²) in [6, 6.07) is 11.4. The number of benzene rings is 1. The molecule has 1 N–H and O–H groups in total. The maximum absolute atomic E-state index is 12.6. The Morgan fingerprint density at radius 3 is 3.00 bits per heavy atom. The van der Waals surface area contributed by atoms with Crippen LogP contribution in [0.5, 0.6) is 5.75 Å². The molecule has 1 aliphatic heterocycles. The first-order valence-electron chi connectivity index (χ1n) is 7.64. The fourth-order valence-electron chi connectivity index (χ4n) is 3.14. The Morgan fingerprint density at radius 1 is 1.30 bits per heavy atom. The Labute approximate surface area is 133 Å². The Bertz CT molecular complexity index is 871. The van der Waals surface area contributed by atoms with E-state index in [1.165, 1.54) is 11.3 Å². The number of amides is 1. The molecule has 0 unspecified atom stereocenters. The number of carbonyl (C=O) groups excluding carboxylic acids is 1. The third-order valence-corrected chi connectivity index (χ3v) is 4.35. The Kier molecular flexibility index (Phi) is 3.26. The largest absolute Gasteiger partial charge is 0.497 e. The highest BCUT2D eigenvalue weighted by atomic mass is 16.5. The number of rotatable bonds is 2. The minimum atomic E-state index is -0.0199. The fraction of sp³-hybridized carbons (Fsp3) is 0.222. The average Bonchev–Trinajstić information content (AvgIpc) is 2.98. The molecule has 5 nitrogen and oxygen atoms in total. The van der Waals surface area contributed by atoms with Gasteiger partial charge in [0, 0.05) is 47.9 Å². The standard InChI is InChI=1S/C18H17N3O2/c1-23-12-5-6-15-13(10-12)14-11-21(9-7-16(14)20-15)18(22)17-4-2-3-8-19-17/h2-6,8,10,20H,7,9,11H2,1H3. The number of nitrogens with zero attached hydrogens (tertiary/aromatic N) is 2. The van der Waals surface area contributed by atoms with E-state index in [9.17, 15) is 4.79 Å². The quantitative estimate of drug-likeness (QED) is 0.792. The van der Waals surface area contributed by atoms with Crippen molar-refractivity contribution in [3.05, 3.63) is 59.5 Å². The van der Waals surface area contributed by atoms with E-state index in [0.717, 1.165) is 23.1 Å². The van der Waals surface area contributed by atoms with Gasteiger partial charge < -0.3 is 14.6 Å². The number of hydrogen-bond donors (Lipinski definition) is 1. The monoisotopic (exact) mass is 307 g/mol. The second-order valence-electron chi connectivity index (χ2n) is 5.69. The molecule has 0 saturated heterocycles. The molecule has 4 rings (SSSR count). The van der Waals surface area contributed by atoms with Gasteiger partial charge in [0.1, 0.15) is 11.4 Å². The summed E-state index contributed by atoms with van der Waals surface area (Å²) in [5, 5.41) is 1.12. The lowest BCUT2D eigenvalue weighted by Gasteiger charge is -2.27. The number of ether oxygens (including phenoxy) is 1. The molecule has 0 fully saturated rings. The first kappa shape index (κ1) is 13.8. The van der Waals surface area contributed by atoms with Gasteiger partial charge in [0.25, 0.3) is 5.91 Å². The first-order chi connectivity index (χ1) is 11.3. The van der Waals surface area contributed by atoms with Crippen molar-refractivity contribution in [3.8, 4) is 5.75 Å². The van der Waals surface area contributed by atoms with E-state index < -0.39 is 0 Å². The van der Waals surface area contributed by atoms with Gasteiger partial charge in [0.05, 0.1) is 7.11 Å². The predicted molar refractivity (Wildman–Crippen MR) is 87.5 cm³/mol. The van der Waals surface area contributed by atoms with E-state index in [2.05, 4.69) is 9.97 Å². The molecule has 1 aromatic carbocycles. The highest BCUT2D eigenvalue weighted by molar-refractivity contribution is 5.93. The van der Waals surface area contributed by atoms with Gasteiger partial charge in [-0.05, 0) is 30.3 Å². The summed E-state index contributed by atoms with van der Waals surface area (Å²) in [7, 11) is 1.66. The molecule has 0 bridgehead atoms. The van der Waals surface area contributed by atoms with E-state index in [1.54, 1.807) is 19.4 Å². The zero-order valence-electron chi connectivity index (χ0n) is 12.9. The average molecular weight is 307 g/mol. The molecule has 2 aromatic heterocycles. The van der Waals surface area contributed by atoms with Gasteiger partial charge in [-0.15, -0.1) is 0 Å². The van der Waals surface area contributed by atoms with Crippen molar-refractivity contribution in [2.24, 2.45) is 0 Å². The van der Waals surface area contributed by atoms with Crippen LogP contribution in [0, 0.1) is 0 Å². The minimum absolute atomic E-state index is 0.0199. The smallest absolute Gasteiger partial charge is 0.272 e. The van der Waals surface area contributed by atoms with Crippen LogP contribution in [-0.2, 0) is 13.0 Å². The van der Waals surface area contributed by atoms with Gasteiger partial charge in [-0.2, -0.15) is 0 Å². The zero-order valence-corrected chi connectivity index (χ0v) is 12.9. The van der Waals surface area contributed by atoms with E-state index in [-0.39, 0.29) is 5.91 Å². The number of methoxy groups -OCH3 is 1. The second-order valence-corrected chi connectivity index (χ2v) is 5.69. The molecule has 0 aliphatic carbocycles. The molecule has 3 aromatic rings. The van der Waals surface area contributed by atoms with E-state index >= 15 is 0 Å². The molecular formula is C18H17N3O2. The molecule has 0 radical (unpaired) electrons. The van der Waals surface area contributed by atoms with Crippen LogP contribution in [-0.4, -0.2) is 34.4 Å². The Balaban J connectivity index is 1.69. The molecule has 0 atom stereocenters. The number of aromatic amines is 1. The number of hydrogen-bond acceptors (Lipinski definition) is 3. The summed E-state index contributed by atoms with van der Waals surface area (Å²) in [6.07, 6.45) is 2.48. The summed E-state index contributed by atoms with van der Waals surface area (Å²) in [5.41, 5.74) is 3.96. The minimum Gasteiger partial charge on any atom is -0.497 e. The van der Waals surface area contributed by atoms with Gasteiger partial charge in [-0.25, -0.2) is 0 Å². The fourth-order valence-corrected chi connectivity index (χ4v) is 3.14. The first-order valence-corrected chi connectivity index (χ1v) is 7.64. The molecule has 23 heavy (non-hydrogen) atoms. The molecule has 1 amide bonds. The number of fused-ring (bicyclic) bond motifs is 3. The number of carbonyl (C=O) groups is 1. The number of nitrogens with one attached hydrogen (secondary N) is 1. The molecule has 116 valence electrons. The highest BCUT2D eigenvalue weighted by Gasteiger charge is 2.25. The second kappa shape index (κ2) is 5.43. The molecule has 3 heterocycles. The van der Waals surface area contributed by atoms with Crippen LogP contribution in [0.1, 0.15) is 21.7 Å². The highest BCUT2D eigenvalue weighted by Crippen LogP contribution is 2.30. The van der Waals surface area contributed by atoms with Gasteiger partial charge in [-0.1, -0.05) is 6.07 Å². The molecule has 1 aliphatic rings. The molecule has 5 heteroatoms. The van der Waals surface area contributed by atoms with Crippen molar-refractivity contribution in [2.75, 3.05) is 13.7 Å². The van der Waals surface area contributed by atoms with Crippen molar-refractivity contribution >= 4 is 16.8 Å². The summed E-state index contributed by atoms with van der Waals surface area (Å²) >= 11 is 0. The summed E-state index contributed by atoms with van der Waals surface area (Å²) in [6.45, 7) is 1.30. The topological polar surface area (TPSA) is 58.2 Å². The van der Waals surface area contributed by atoms with Crippen LogP contribution in [0.3, 0.4) is 0 Å². The van der Waals surface area contributed by atoms with E-state index in [4.69, 9.17) is 4.74 Å². The molecular weight excluding hydrogens is 290 g/mol. The van der Waals surface area contributed by atoms with Crippen molar-refractivity contribution in [2.45, 2.75) is 13.0 Å². The predicted octanol–water partition coefficient (Wildman–Crippen LogP) is 2.77. The summed E-state index contributed by atoms with van der Waals surface area (Å²) in [5.74, 6) is 0.806. The SMILES string of the molecule is COc1ccc2[nH]c3c(c2c1)CN(C(=O)c1ccccn1)CC3. The lowest BCUT2D eigenvalue weighted by atomic mass is 10.0. The third kappa shape index (κ3) is 2.34. The third-order valence-electron chi connectivity index (χ3n) is 4.35. The van der Waals surface area contributed by atoms with Crippen LogP contribution in [0.25, 0.3) is 10.9 Å². The van der Waals surface area contributed by atoms with Gasteiger partial charge >= 0.3 is 0 Å². The van der Waals surface area contributed by atoms with Gasteiger partial charge in [-0.3, -0.25) is 9.78 Å². The maximum Gasteiger partial charge on any atom is 0.272 e. The van der Waals surface area contributed by atoms with Crippen molar-refractivity contribution in [1.29, 1.82) is 0 Å². The lowest BCUT2D eigenvalue weighted by molar-refractivity contribution is 0.0729. The van der Waals surface area contributed by atoms with Crippen molar-refractivity contribution in [1.82, 2.24) is 14.9 Å². The van der Waals surface area contributed by atoms with Crippen LogP contribution in [0.4, 0.5) is 0 Å². The maximum atomic E-state index is 12.6. The lowest BCUT2D eigenvalue weighted by Crippen LogP contribution is -2.36. The Morgan fingerprint density at radius 2 is 2.22 bits per heavy atom.